The topological polar surface area (TPSA) is 73.0 Å². The van der Waals surface area contributed by atoms with E-state index < -0.39 is 0 Å². The van der Waals surface area contributed by atoms with Crippen LogP contribution >= 0.6 is 0 Å². The van der Waals surface area contributed by atoms with Gasteiger partial charge in [0.15, 0.2) is 5.69 Å². The molecule has 0 saturated carbocycles. The predicted molar refractivity (Wildman–Crippen MR) is 93.4 cm³/mol. The van der Waals surface area contributed by atoms with Gasteiger partial charge in [0.25, 0.3) is 11.5 Å². The molecule has 0 aliphatic carbocycles. The molecule has 0 spiro atoms. The van der Waals surface area contributed by atoms with Gasteiger partial charge in [0, 0.05) is 37.9 Å². The summed E-state index contributed by atoms with van der Waals surface area (Å²) < 4.78 is 3.15. The van der Waals surface area contributed by atoms with Gasteiger partial charge in [0.1, 0.15) is 0 Å². The van der Waals surface area contributed by atoms with Gasteiger partial charge in [-0.25, -0.2) is 4.68 Å². The lowest BCUT2D eigenvalue weighted by Gasteiger charge is -2.32. The summed E-state index contributed by atoms with van der Waals surface area (Å²) in [5, 5.41) is 9.68. The van der Waals surface area contributed by atoms with E-state index in [0.29, 0.717) is 29.6 Å². The number of fused-ring (bicyclic) bond motifs is 1. The van der Waals surface area contributed by atoms with Crippen LogP contribution in [0.25, 0.3) is 10.8 Å². The first-order chi connectivity index (χ1) is 12.1. The van der Waals surface area contributed by atoms with Crippen molar-refractivity contribution in [1.29, 1.82) is 0 Å². The van der Waals surface area contributed by atoms with Crippen molar-refractivity contribution in [2.45, 2.75) is 18.9 Å². The number of piperidine rings is 1. The Morgan fingerprint density at radius 1 is 1.20 bits per heavy atom. The van der Waals surface area contributed by atoms with Crippen molar-refractivity contribution in [3.05, 3.63) is 58.8 Å². The first kappa shape index (κ1) is 15.6. The average Bonchev–Trinajstić information content (AvgIpc) is 3.19. The minimum atomic E-state index is -0.194. The molecule has 0 radical (unpaired) electrons. The second-order valence-electron chi connectivity index (χ2n) is 6.36. The number of rotatable bonds is 2. The van der Waals surface area contributed by atoms with E-state index in [2.05, 4.69) is 10.2 Å². The first-order valence-corrected chi connectivity index (χ1v) is 8.39. The van der Waals surface area contributed by atoms with Crippen LogP contribution < -0.4 is 5.56 Å². The van der Waals surface area contributed by atoms with Gasteiger partial charge in [-0.2, -0.15) is 10.2 Å². The normalized spacial score (nSPS) is 17.8. The lowest BCUT2D eigenvalue weighted by atomic mass is 10.0. The smallest absolute Gasteiger partial charge is 0.275 e. The quantitative estimate of drug-likeness (QED) is 0.712. The molecule has 1 unspecified atom stereocenters. The van der Waals surface area contributed by atoms with Gasteiger partial charge in [0.05, 0.1) is 11.4 Å². The van der Waals surface area contributed by atoms with E-state index in [1.807, 2.05) is 27.9 Å². The van der Waals surface area contributed by atoms with E-state index in [9.17, 15) is 9.59 Å². The van der Waals surface area contributed by atoms with Crippen LogP contribution in [0.15, 0.2) is 47.5 Å². The molecule has 7 heteroatoms. The molecule has 25 heavy (non-hydrogen) atoms. The molecular weight excluding hydrogens is 318 g/mol. The van der Waals surface area contributed by atoms with E-state index in [1.165, 1.54) is 4.68 Å². The Bertz CT molecular complexity index is 977. The van der Waals surface area contributed by atoms with Crippen LogP contribution in [0.3, 0.4) is 0 Å². The molecule has 1 fully saturated rings. The number of carbonyl (C=O) groups is 1. The summed E-state index contributed by atoms with van der Waals surface area (Å²) in [7, 11) is 1.58. The number of aryl methyl sites for hydroxylation is 1. The fraction of sp³-hybridized carbons (Fsp3) is 0.333. The molecule has 1 atom stereocenters. The van der Waals surface area contributed by atoms with E-state index >= 15 is 0 Å². The summed E-state index contributed by atoms with van der Waals surface area (Å²) in [5.41, 5.74) is 0.138. The fourth-order valence-corrected chi connectivity index (χ4v) is 3.46. The second-order valence-corrected chi connectivity index (χ2v) is 6.36. The highest BCUT2D eigenvalue weighted by Crippen LogP contribution is 2.23. The average molecular weight is 337 g/mol. The molecule has 128 valence electrons. The van der Waals surface area contributed by atoms with Gasteiger partial charge in [-0.15, -0.1) is 0 Å². The standard InChI is InChI=1S/C18H19N5O2/c1-21-17(24)15-8-3-2-7-14(15)16(20-21)18(25)22-10-4-6-13(12-22)23-11-5-9-19-23/h2-3,5,7-9,11,13H,4,6,10,12H2,1H3. The zero-order valence-electron chi connectivity index (χ0n) is 14.0. The van der Waals surface area contributed by atoms with E-state index in [-0.39, 0.29) is 17.5 Å². The predicted octanol–water partition coefficient (Wildman–Crippen LogP) is 1.61. The minimum Gasteiger partial charge on any atom is -0.335 e. The van der Waals surface area contributed by atoms with Crippen LogP contribution in [0, 0.1) is 0 Å². The second kappa shape index (κ2) is 6.16. The van der Waals surface area contributed by atoms with E-state index in [0.717, 1.165) is 12.8 Å². The highest BCUT2D eigenvalue weighted by atomic mass is 16.2. The lowest BCUT2D eigenvalue weighted by Crippen LogP contribution is -2.42. The molecule has 4 rings (SSSR count). The van der Waals surface area contributed by atoms with Crippen LogP contribution in [0.2, 0.25) is 0 Å². The molecular formula is C18H19N5O2. The number of aromatic nitrogens is 4. The molecule has 1 aliphatic heterocycles. The molecule has 0 bridgehead atoms. The number of hydrogen-bond donors (Lipinski definition) is 0. The van der Waals surface area contributed by atoms with Crippen molar-refractivity contribution < 1.29 is 4.79 Å². The number of amides is 1. The van der Waals surface area contributed by atoms with Gasteiger partial charge >= 0.3 is 0 Å². The van der Waals surface area contributed by atoms with Gasteiger partial charge in [-0.3, -0.25) is 14.3 Å². The molecule has 1 aromatic carbocycles. The Hall–Kier alpha value is -2.96. The van der Waals surface area contributed by atoms with Crippen LogP contribution in [-0.2, 0) is 7.05 Å². The summed E-state index contributed by atoms with van der Waals surface area (Å²) in [6, 6.07) is 9.20. The van der Waals surface area contributed by atoms with Crippen molar-refractivity contribution >= 4 is 16.7 Å². The van der Waals surface area contributed by atoms with Crippen molar-refractivity contribution in [2.75, 3.05) is 13.1 Å². The van der Waals surface area contributed by atoms with Crippen molar-refractivity contribution in [3.8, 4) is 0 Å². The van der Waals surface area contributed by atoms with Crippen LogP contribution in [0.4, 0.5) is 0 Å². The Morgan fingerprint density at radius 2 is 2.00 bits per heavy atom. The Labute approximate surface area is 144 Å². The number of hydrogen-bond acceptors (Lipinski definition) is 4. The number of benzene rings is 1. The van der Waals surface area contributed by atoms with Crippen LogP contribution in [-0.4, -0.2) is 43.5 Å². The van der Waals surface area contributed by atoms with Gasteiger partial charge in [0.2, 0.25) is 0 Å². The van der Waals surface area contributed by atoms with E-state index in [4.69, 9.17) is 0 Å². The Morgan fingerprint density at radius 3 is 2.76 bits per heavy atom. The molecule has 0 N–H and O–H groups in total. The summed E-state index contributed by atoms with van der Waals surface area (Å²) in [4.78, 5) is 27.2. The maximum absolute atomic E-state index is 13.1. The number of carbonyl (C=O) groups excluding carboxylic acids is 1. The third kappa shape index (κ3) is 2.71. The van der Waals surface area contributed by atoms with Crippen LogP contribution in [0.5, 0.6) is 0 Å². The van der Waals surface area contributed by atoms with Crippen molar-refractivity contribution in [1.82, 2.24) is 24.5 Å². The highest BCUT2D eigenvalue weighted by Gasteiger charge is 2.28. The number of likely N-dealkylation sites (tertiary alicyclic amines) is 1. The van der Waals surface area contributed by atoms with Gasteiger partial charge in [-0.1, -0.05) is 18.2 Å². The molecule has 3 aromatic rings. The lowest BCUT2D eigenvalue weighted by molar-refractivity contribution is 0.0667. The Kier molecular flexibility index (Phi) is 3.83. The zero-order chi connectivity index (χ0) is 17.4. The maximum Gasteiger partial charge on any atom is 0.275 e. The molecule has 2 aromatic heterocycles. The molecule has 1 aliphatic rings. The zero-order valence-corrected chi connectivity index (χ0v) is 14.0. The van der Waals surface area contributed by atoms with Gasteiger partial charge < -0.3 is 4.90 Å². The fourth-order valence-electron chi connectivity index (χ4n) is 3.46. The summed E-state index contributed by atoms with van der Waals surface area (Å²) in [5.74, 6) is -0.136. The summed E-state index contributed by atoms with van der Waals surface area (Å²) in [6.45, 7) is 1.29. The molecule has 7 nitrogen and oxygen atoms in total. The Balaban J connectivity index is 1.70. The third-order valence-corrected chi connectivity index (χ3v) is 4.74. The first-order valence-electron chi connectivity index (χ1n) is 8.39. The highest BCUT2D eigenvalue weighted by molar-refractivity contribution is 6.04. The monoisotopic (exact) mass is 337 g/mol. The largest absolute Gasteiger partial charge is 0.335 e. The van der Waals surface area contributed by atoms with Crippen LogP contribution in [0.1, 0.15) is 29.4 Å². The summed E-state index contributed by atoms with van der Waals surface area (Å²) in [6.07, 6.45) is 5.59. The SMILES string of the molecule is Cn1nc(C(=O)N2CCCC(n3cccn3)C2)c2ccccc2c1=O. The van der Waals surface area contributed by atoms with Gasteiger partial charge in [-0.05, 0) is 25.0 Å². The molecule has 3 heterocycles. The minimum absolute atomic E-state index is 0.136. The number of nitrogens with zero attached hydrogens (tertiary/aromatic N) is 5. The third-order valence-electron chi connectivity index (χ3n) is 4.74. The molecule has 1 amide bonds. The van der Waals surface area contributed by atoms with E-state index in [1.54, 1.807) is 31.4 Å². The molecule has 1 saturated heterocycles. The van der Waals surface area contributed by atoms with Crippen molar-refractivity contribution in [3.63, 3.8) is 0 Å². The maximum atomic E-state index is 13.1. The van der Waals surface area contributed by atoms with Crippen molar-refractivity contribution in [2.24, 2.45) is 7.05 Å². The summed E-state index contributed by atoms with van der Waals surface area (Å²) >= 11 is 0.